The van der Waals surface area contributed by atoms with Crippen LogP contribution in [0.15, 0.2) is 28.8 Å². The van der Waals surface area contributed by atoms with Crippen molar-refractivity contribution in [3.63, 3.8) is 0 Å². The first kappa shape index (κ1) is 15.0. The molecule has 1 aromatic carbocycles. The summed E-state index contributed by atoms with van der Waals surface area (Å²) < 4.78 is 5.34. The van der Waals surface area contributed by atoms with Gasteiger partial charge in [0.25, 0.3) is 0 Å². The first-order chi connectivity index (χ1) is 10.7. The van der Waals surface area contributed by atoms with Crippen LogP contribution in [0.25, 0.3) is 11.4 Å². The van der Waals surface area contributed by atoms with Gasteiger partial charge in [-0.3, -0.25) is 9.80 Å². The molecule has 1 saturated heterocycles. The molecule has 0 saturated carbocycles. The van der Waals surface area contributed by atoms with Crippen LogP contribution in [0.5, 0.6) is 0 Å². The van der Waals surface area contributed by atoms with Gasteiger partial charge in [-0.05, 0) is 24.3 Å². The molecule has 1 aromatic heterocycles. The van der Waals surface area contributed by atoms with Gasteiger partial charge >= 0.3 is 0 Å². The van der Waals surface area contributed by atoms with Gasteiger partial charge in [0.15, 0.2) is 0 Å². The maximum Gasteiger partial charge on any atom is 0.241 e. The molecule has 0 bridgehead atoms. The maximum absolute atomic E-state index is 5.88. The Bertz CT molecular complexity index is 654. The van der Waals surface area contributed by atoms with Crippen molar-refractivity contribution in [3.05, 3.63) is 35.2 Å². The van der Waals surface area contributed by atoms with E-state index in [1.807, 2.05) is 24.3 Å². The standard InChI is InChI=1S/C16H17ClN4O/c1-2-7-20-8-10-21(11-9-20)12-15-18-16(19-22-15)13-3-5-14(17)6-4-13/h1,3-6H,7-12H2. The summed E-state index contributed by atoms with van der Waals surface area (Å²) in [5, 5.41) is 4.73. The molecule has 0 amide bonds. The van der Waals surface area contributed by atoms with Gasteiger partial charge in [0.1, 0.15) is 0 Å². The number of piperazine rings is 1. The fraction of sp³-hybridized carbons (Fsp3) is 0.375. The summed E-state index contributed by atoms with van der Waals surface area (Å²) in [6.07, 6.45) is 5.34. The van der Waals surface area contributed by atoms with Crippen LogP contribution >= 0.6 is 11.6 Å². The van der Waals surface area contributed by atoms with Crippen LogP contribution in [0.3, 0.4) is 0 Å². The molecule has 0 atom stereocenters. The number of terminal acetylenes is 1. The lowest BCUT2D eigenvalue weighted by atomic mass is 10.2. The fourth-order valence-electron chi connectivity index (χ4n) is 2.46. The van der Waals surface area contributed by atoms with Crippen molar-refractivity contribution < 1.29 is 4.52 Å². The number of benzene rings is 1. The molecule has 0 unspecified atom stereocenters. The second-order valence-corrected chi connectivity index (χ2v) is 5.71. The van der Waals surface area contributed by atoms with Gasteiger partial charge in [0.2, 0.25) is 11.7 Å². The molecule has 3 rings (SSSR count). The smallest absolute Gasteiger partial charge is 0.241 e. The molecular formula is C16H17ClN4O. The summed E-state index contributed by atoms with van der Waals surface area (Å²) in [6, 6.07) is 7.40. The Morgan fingerprint density at radius 3 is 2.50 bits per heavy atom. The molecular weight excluding hydrogens is 300 g/mol. The Kier molecular flexibility index (Phi) is 4.74. The Morgan fingerprint density at radius 2 is 1.82 bits per heavy atom. The van der Waals surface area contributed by atoms with E-state index in [4.69, 9.17) is 22.5 Å². The number of nitrogens with zero attached hydrogens (tertiary/aromatic N) is 4. The van der Waals surface area contributed by atoms with E-state index in [0.29, 0.717) is 23.3 Å². The molecule has 2 heterocycles. The van der Waals surface area contributed by atoms with Gasteiger partial charge in [-0.25, -0.2) is 0 Å². The van der Waals surface area contributed by atoms with Crippen molar-refractivity contribution >= 4 is 11.6 Å². The van der Waals surface area contributed by atoms with E-state index in [0.717, 1.165) is 38.3 Å². The SMILES string of the molecule is C#CCN1CCN(Cc2nc(-c3ccc(Cl)cc3)no2)CC1. The molecule has 0 spiro atoms. The highest BCUT2D eigenvalue weighted by molar-refractivity contribution is 6.30. The average Bonchev–Trinajstić information content (AvgIpc) is 2.99. The molecule has 1 aliphatic rings. The quantitative estimate of drug-likeness (QED) is 0.809. The van der Waals surface area contributed by atoms with E-state index in [-0.39, 0.29) is 0 Å². The van der Waals surface area contributed by atoms with E-state index in [2.05, 4.69) is 25.9 Å². The lowest BCUT2D eigenvalue weighted by Crippen LogP contribution is -2.45. The van der Waals surface area contributed by atoms with Crippen LogP contribution in [0.1, 0.15) is 5.89 Å². The van der Waals surface area contributed by atoms with Crippen LogP contribution in [-0.2, 0) is 6.54 Å². The van der Waals surface area contributed by atoms with Crippen LogP contribution < -0.4 is 0 Å². The highest BCUT2D eigenvalue weighted by Gasteiger charge is 2.18. The Balaban J connectivity index is 1.58. The van der Waals surface area contributed by atoms with E-state index in [1.165, 1.54) is 0 Å². The summed E-state index contributed by atoms with van der Waals surface area (Å²) >= 11 is 5.88. The molecule has 5 nitrogen and oxygen atoms in total. The summed E-state index contributed by atoms with van der Waals surface area (Å²) in [7, 11) is 0. The monoisotopic (exact) mass is 316 g/mol. The minimum absolute atomic E-state index is 0.595. The first-order valence-corrected chi connectivity index (χ1v) is 7.59. The van der Waals surface area contributed by atoms with E-state index >= 15 is 0 Å². The van der Waals surface area contributed by atoms with Gasteiger partial charge in [-0.15, -0.1) is 6.42 Å². The second-order valence-electron chi connectivity index (χ2n) is 5.28. The zero-order chi connectivity index (χ0) is 15.4. The van der Waals surface area contributed by atoms with Gasteiger partial charge in [-0.1, -0.05) is 22.7 Å². The van der Waals surface area contributed by atoms with Gasteiger partial charge < -0.3 is 4.52 Å². The summed E-state index contributed by atoms with van der Waals surface area (Å²) in [6.45, 7) is 5.25. The lowest BCUT2D eigenvalue weighted by molar-refractivity contribution is 0.126. The highest BCUT2D eigenvalue weighted by atomic mass is 35.5. The van der Waals surface area contributed by atoms with E-state index in [9.17, 15) is 0 Å². The minimum atomic E-state index is 0.595. The Labute approximate surface area is 134 Å². The van der Waals surface area contributed by atoms with Gasteiger partial charge in [0.05, 0.1) is 13.1 Å². The molecule has 114 valence electrons. The van der Waals surface area contributed by atoms with E-state index < -0.39 is 0 Å². The number of hydrogen-bond acceptors (Lipinski definition) is 5. The zero-order valence-corrected chi connectivity index (χ0v) is 13.0. The molecule has 1 aliphatic heterocycles. The summed E-state index contributed by atoms with van der Waals surface area (Å²) in [4.78, 5) is 9.02. The van der Waals surface area contributed by atoms with Crippen LogP contribution in [-0.4, -0.2) is 52.7 Å². The first-order valence-electron chi connectivity index (χ1n) is 7.21. The predicted molar refractivity (Wildman–Crippen MR) is 85.3 cm³/mol. The molecule has 1 fully saturated rings. The van der Waals surface area contributed by atoms with Crippen molar-refractivity contribution in [1.82, 2.24) is 19.9 Å². The Morgan fingerprint density at radius 1 is 1.14 bits per heavy atom. The van der Waals surface area contributed by atoms with Crippen LogP contribution in [0.4, 0.5) is 0 Å². The van der Waals surface area contributed by atoms with Crippen molar-refractivity contribution in [2.75, 3.05) is 32.7 Å². The Hall–Kier alpha value is -1.87. The average molecular weight is 317 g/mol. The third kappa shape index (κ3) is 3.66. The third-order valence-electron chi connectivity index (χ3n) is 3.71. The van der Waals surface area contributed by atoms with Crippen molar-refractivity contribution in [2.24, 2.45) is 0 Å². The van der Waals surface area contributed by atoms with Gasteiger partial charge in [-0.2, -0.15) is 4.98 Å². The summed E-state index contributed by atoms with van der Waals surface area (Å²) in [5.74, 6) is 3.91. The molecule has 0 aliphatic carbocycles. The summed E-state index contributed by atoms with van der Waals surface area (Å²) in [5.41, 5.74) is 0.901. The number of hydrogen-bond donors (Lipinski definition) is 0. The van der Waals surface area contributed by atoms with Crippen molar-refractivity contribution in [1.29, 1.82) is 0 Å². The zero-order valence-electron chi connectivity index (χ0n) is 12.2. The number of halogens is 1. The minimum Gasteiger partial charge on any atom is -0.338 e. The predicted octanol–water partition coefficient (Wildman–Crippen LogP) is 2.14. The van der Waals surface area contributed by atoms with Crippen LogP contribution in [0.2, 0.25) is 5.02 Å². The van der Waals surface area contributed by atoms with Crippen molar-refractivity contribution in [3.8, 4) is 23.7 Å². The topological polar surface area (TPSA) is 45.4 Å². The number of rotatable bonds is 4. The van der Waals surface area contributed by atoms with Crippen molar-refractivity contribution in [2.45, 2.75) is 6.54 Å². The fourth-order valence-corrected chi connectivity index (χ4v) is 2.59. The number of aromatic nitrogens is 2. The molecule has 2 aromatic rings. The van der Waals surface area contributed by atoms with Crippen LogP contribution in [0, 0.1) is 12.3 Å². The highest BCUT2D eigenvalue weighted by Crippen LogP contribution is 2.19. The maximum atomic E-state index is 5.88. The van der Waals surface area contributed by atoms with Gasteiger partial charge in [0, 0.05) is 36.8 Å². The van der Waals surface area contributed by atoms with E-state index in [1.54, 1.807) is 0 Å². The molecule has 6 heteroatoms. The molecule has 22 heavy (non-hydrogen) atoms. The lowest BCUT2D eigenvalue weighted by Gasteiger charge is -2.32. The molecule has 0 radical (unpaired) electrons. The normalized spacial score (nSPS) is 16.5. The second kappa shape index (κ2) is 6.93. The largest absolute Gasteiger partial charge is 0.338 e. The molecule has 0 N–H and O–H groups in total. The third-order valence-corrected chi connectivity index (χ3v) is 3.96.